The molecule has 0 fully saturated rings. The van der Waals surface area contributed by atoms with Crippen LogP contribution in [0, 0.1) is 0 Å². The van der Waals surface area contributed by atoms with Gasteiger partial charge in [-0.05, 0) is 17.7 Å². The van der Waals surface area contributed by atoms with Gasteiger partial charge in [-0.25, -0.2) is 9.78 Å². The van der Waals surface area contributed by atoms with Crippen molar-refractivity contribution < 1.29 is 18.0 Å². The lowest BCUT2D eigenvalue weighted by atomic mass is 10.3. The maximum atomic E-state index is 11.8. The van der Waals surface area contributed by atoms with Crippen LogP contribution in [-0.2, 0) is 5.88 Å². The van der Waals surface area contributed by atoms with Crippen molar-refractivity contribution >= 4 is 23.4 Å². The zero-order valence-electron chi connectivity index (χ0n) is 8.51. The second-order valence-corrected chi connectivity index (χ2v) is 3.37. The van der Waals surface area contributed by atoms with E-state index in [-0.39, 0.29) is 11.7 Å². The highest BCUT2D eigenvalue weighted by Crippen LogP contribution is 2.12. The van der Waals surface area contributed by atoms with Gasteiger partial charge in [0.05, 0.1) is 0 Å². The number of carbonyl (C=O) groups is 1. The van der Waals surface area contributed by atoms with Gasteiger partial charge in [0.2, 0.25) is 0 Å². The summed E-state index contributed by atoms with van der Waals surface area (Å²) in [4.78, 5) is 14.8. The molecule has 2 N–H and O–H groups in total. The Balaban J connectivity index is 2.50. The van der Waals surface area contributed by atoms with Crippen molar-refractivity contribution in [1.82, 2.24) is 10.3 Å². The molecule has 0 saturated heterocycles. The number of amides is 2. The van der Waals surface area contributed by atoms with Crippen LogP contribution < -0.4 is 10.6 Å². The van der Waals surface area contributed by atoms with Gasteiger partial charge in [0.15, 0.2) is 0 Å². The number of anilines is 1. The summed E-state index contributed by atoms with van der Waals surface area (Å²) in [5.41, 5.74) is 0.702. The number of hydrogen-bond acceptors (Lipinski definition) is 2. The van der Waals surface area contributed by atoms with Gasteiger partial charge in [-0.2, -0.15) is 13.2 Å². The third kappa shape index (κ3) is 5.39. The van der Waals surface area contributed by atoms with Gasteiger partial charge in [0, 0.05) is 12.1 Å². The highest BCUT2D eigenvalue weighted by molar-refractivity contribution is 6.17. The van der Waals surface area contributed by atoms with Crippen LogP contribution in [0.25, 0.3) is 0 Å². The molecule has 1 rings (SSSR count). The van der Waals surface area contributed by atoms with E-state index in [9.17, 15) is 18.0 Å². The minimum atomic E-state index is -4.44. The van der Waals surface area contributed by atoms with E-state index in [0.717, 1.165) is 0 Å². The van der Waals surface area contributed by atoms with Gasteiger partial charge in [-0.15, -0.1) is 11.6 Å². The molecule has 17 heavy (non-hydrogen) atoms. The number of rotatable bonds is 3. The van der Waals surface area contributed by atoms with Crippen LogP contribution in [0.3, 0.4) is 0 Å². The number of aromatic nitrogens is 1. The van der Waals surface area contributed by atoms with Crippen LogP contribution >= 0.6 is 11.6 Å². The predicted molar refractivity (Wildman–Crippen MR) is 56.9 cm³/mol. The molecule has 1 aromatic rings. The van der Waals surface area contributed by atoms with Crippen LogP contribution in [0.15, 0.2) is 18.3 Å². The lowest BCUT2D eigenvalue weighted by molar-refractivity contribution is -0.122. The SMILES string of the molecule is O=C(NCC(F)(F)F)Nc1cc(CCl)ccn1. The Bertz CT molecular complexity index is 397. The molecule has 0 aliphatic rings. The Kier molecular flexibility index (Phi) is 4.56. The Hall–Kier alpha value is -1.50. The Labute approximate surface area is 100 Å². The predicted octanol–water partition coefficient (Wildman–Crippen LogP) is 2.50. The van der Waals surface area contributed by atoms with E-state index in [1.165, 1.54) is 12.3 Å². The van der Waals surface area contributed by atoms with Crippen molar-refractivity contribution in [2.45, 2.75) is 12.1 Å². The first-order chi connectivity index (χ1) is 7.90. The number of nitrogens with zero attached hydrogens (tertiary/aromatic N) is 1. The minimum Gasteiger partial charge on any atom is -0.329 e. The summed E-state index contributed by atoms with van der Waals surface area (Å²) in [6.07, 6.45) is -3.04. The maximum absolute atomic E-state index is 11.8. The molecular weight excluding hydrogens is 259 g/mol. The van der Waals surface area contributed by atoms with Gasteiger partial charge >= 0.3 is 12.2 Å². The molecule has 0 saturated carbocycles. The molecular formula is C9H9ClF3N3O. The Morgan fingerprint density at radius 3 is 2.76 bits per heavy atom. The Morgan fingerprint density at radius 2 is 2.18 bits per heavy atom. The third-order valence-corrected chi connectivity index (χ3v) is 1.98. The molecule has 4 nitrogen and oxygen atoms in total. The summed E-state index contributed by atoms with van der Waals surface area (Å²) in [5.74, 6) is 0.365. The van der Waals surface area contributed by atoms with E-state index in [4.69, 9.17) is 11.6 Å². The zero-order valence-corrected chi connectivity index (χ0v) is 9.27. The van der Waals surface area contributed by atoms with E-state index < -0.39 is 18.8 Å². The van der Waals surface area contributed by atoms with Crippen molar-refractivity contribution in [3.63, 3.8) is 0 Å². The largest absolute Gasteiger partial charge is 0.405 e. The van der Waals surface area contributed by atoms with Crippen molar-refractivity contribution in [3.05, 3.63) is 23.9 Å². The molecule has 0 bridgehead atoms. The van der Waals surface area contributed by atoms with Crippen LogP contribution in [0.1, 0.15) is 5.56 Å². The van der Waals surface area contributed by atoms with Crippen LogP contribution in [0.4, 0.5) is 23.8 Å². The second kappa shape index (κ2) is 5.72. The van der Waals surface area contributed by atoms with E-state index in [1.54, 1.807) is 11.4 Å². The van der Waals surface area contributed by atoms with Gasteiger partial charge in [0.1, 0.15) is 12.4 Å². The molecule has 0 spiro atoms. The van der Waals surface area contributed by atoms with E-state index in [0.29, 0.717) is 5.56 Å². The lowest BCUT2D eigenvalue weighted by Gasteiger charge is -2.09. The summed E-state index contributed by atoms with van der Waals surface area (Å²) in [6, 6.07) is 2.13. The highest BCUT2D eigenvalue weighted by Gasteiger charge is 2.27. The summed E-state index contributed by atoms with van der Waals surface area (Å²) in [5, 5.41) is 3.83. The molecule has 1 heterocycles. The second-order valence-electron chi connectivity index (χ2n) is 3.11. The average Bonchev–Trinajstić information content (AvgIpc) is 2.26. The molecule has 0 unspecified atom stereocenters. The number of nitrogens with one attached hydrogen (secondary N) is 2. The van der Waals surface area contributed by atoms with Gasteiger partial charge in [0.25, 0.3) is 0 Å². The number of urea groups is 1. The van der Waals surface area contributed by atoms with Crippen LogP contribution in [-0.4, -0.2) is 23.7 Å². The summed E-state index contributed by atoms with van der Waals surface area (Å²) < 4.78 is 35.4. The fraction of sp³-hybridized carbons (Fsp3) is 0.333. The van der Waals surface area contributed by atoms with E-state index in [1.807, 2.05) is 0 Å². The summed E-state index contributed by atoms with van der Waals surface area (Å²) >= 11 is 5.55. The maximum Gasteiger partial charge on any atom is 0.405 e. The summed E-state index contributed by atoms with van der Waals surface area (Å²) in [7, 11) is 0. The molecule has 94 valence electrons. The number of carbonyl (C=O) groups excluding carboxylic acids is 1. The smallest absolute Gasteiger partial charge is 0.329 e. The number of hydrogen-bond donors (Lipinski definition) is 2. The first-order valence-electron chi connectivity index (χ1n) is 4.53. The first kappa shape index (κ1) is 13.6. The quantitative estimate of drug-likeness (QED) is 0.827. The first-order valence-corrected chi connectivity index (χ1v) is 5.06. The Morgan fingerprint density at radius 1 is 1.47 bits per heavy atom. The van der Waals surface area contributed by atoms with E-state index >= 15 is 0 Å². The van der Waals surface area contributed by atoms with Crippen molar-refractivity contribution in [1.29, 1.82) is 0 Å². The molecule has 0 aromatic carbocycles. The standard InChI is InChI=1S/C9H9ClF3N3O/c10-4-6-1-2-14-7(3-6)16-8(17)15-5-9(11,12)13/h1-3H,4-5H2,(H2,14,15,16,17). The number of pyridine rings is 1. The van der Waals surface area contributed by atoms with Gasteiger partial charge in [-0.3, -0.25) is 5.32 Å². The molecule has 1 aromatic heterocycles. The van der Waals surface area contributed by atoms with Crippen molar-refractivity contribution in [2.24, 2.45) is 0 Å². The summed E-state index contributed by atoms with van der Waals surface area (Å²) in [6.45, 7) is -1.39. The zero-order chi connectivity index (χ0) is 12.9. The molecule has 0 atom stereocenters. The number of halogens is 4. The van der Waals surface area contributed by atoms with Gasteiger partial charge in [-0.1, -0.05) is 0 Å². The van der Waals surface area contributed by atoms with Crippen LogP contribution in [0.2, 0.25) is 0 Å². The van der Waals surface area contributed by atoms with E-state index in [2.05, 4.69) is 10.3 Å². The molecule has 0 aliphatic carbocycles. The number of alkyl halides is 4. The fourth-order valence-corrected chi connectivity index (χ4v) is 1.13. The molecule has 0 aliphatic heterocycles. The topological polar surface area (TPSA) is 54.0 Å². The van der Waals surface area contributed by atoms with Crippen molar-refractivity contribution in [2.75, 3.05) is 11.9 Å². The third-order valence-electron chi connectivity index (χ3n) is 1.67. The van der Waals surface area contributed by atoms with Crippen molar-refractivity contribution in [3.8, 4) is 0 Å². The normalized spacial score (nSPS) is 11.1. The molecule has 0 radical (unpaired) electrons. The minimum absolute atomic E-state index is 0.142. The average molecular weight is 268 g/mol. The van der Waals surface area contributed by atoms with Gasteiger partial charge < -0.3 is 5.32 Å². The lowest BCUT2D eigenvalue weighted by Crippen LogP contribution is -2.36. The van der Waals surface area contributed by atoms with Crippen LogP contribution in [0.5, 0.6) is 0 Å². The highest BCUT2D eigenvalue weighted by atomic mass is 35.5. The monoisotopic (exact) mass is 267 g/mol. The molecule has 2 amide bonds. The fourth-order valence-electron chi connectivity index (χ4n) is 0.967. The molecule has 8 heteroatoms.